The van der Waals surface area contributed by atoms with Crippen LogP contribution >= 0.6 is 0 Å². The van der Waals surface area contributed by atoms with Crippen LogP contribution in [0.1, 0.15) is 44.1 Å². The number of hydrogen-bond donors (Lipinski definition) is 2. The lowest BCUT2D eigenvalue weighted by molar-refractivity contribution is 0.0468. The van der Waals surface area contributed by atoms with Crippen molar-refractivity contribution in [3.63, 3.8) is 0 Å². The Balaban J connectivity index is 1.65. The maximum Gasteiger partial charge on any atom is 0.191 e. The van der Waals surface area contributed by atoms with Crippen LogP contribution in [0.15, 0.2) is 29.3 Å². The standard InChI is InChI=1S/C22H38N4O2/c1-23-22(24-13-15-27-20-10-6-4-5-7-11-20)25-18-19-9-8-12-21(17-19)28-16-14-26(2)3/h8-9,12,17,20H,4-7,10-11,13-16,18H2,1-3H3,(H2,23,24,25). The summed E-state index contributed by atoms with van der Waals surface area (Å²) in [6.07, 6.45) is 8.18. The molecular weight excluding hydrogens is 352 g/mol. The minimum absolute atomic E-state index is 0.439. The second-order valence-corrected chi connectivity index (χ2v) is 7.64. The summed E-state index contributed by atoms with van der Waals surface area (Å²) >= 11 is 0. The highest BCUT2D eigenvalue weighted by Gasteiger charge is 2.12. The summed E-state index contributed by atoms with van der Waals surface area (Å²) in [5.41, 5.74) is 1.17. The van der Waals surface area contributed by atoms with Crippen molar-refractivity contribution >= 4 is 5.96 Å². The molecule has 0 aliphatic heterocycles. The Hall–Kier alpha value is -1.79. The van der Waals surface area contributed by atoms with E-state index in [1.165, 1.54) is 44.1 Å². The van der Waals surface area contributed by atoms with Crippen LogP contribution in [0.4, 0.5) is 0 Å². The van der Waals surface area contributed by atoms with Gasteiger partial charge in [-0.2, -0.15) is 0 Å². The van der Waals surface area contributed by atoms with Gasteiger partial charge in [-0.25, -0.2) is 0 Å². The molecule has 1 saturated carbocycles. The van der Waals surface area contributed by atoms with Crippen molar-refractivity contribution in [1.29, 1.82) is 0 Å². The molecule has 28 heavy (non-hydrogen) atoms. The van der Waals surface area contributed by atoms with Gasteiger partial charge < -0.3 is 25.0 Å². The number of benzene rings is 1. The predicted molar refractivity (Wildman–Crippen MR) is 116 cm³/mol. The highest BCUT2D eigenvalue weighted by atomic mass is 16.5. The average Bonchev–Trinajstić information content (AvgIpc) is 2.96. The molecule has 6 heteroatoms. The van der Waals surface area contributed by atoms with Crippen molar-refractivity contribution in [2.45, 2.75) is 51.2 Å². The van der Waals surface area contributed by atoms with Crippen molar-refractivity contribution in [3.05, 3.63) is 29.8 Å². The molecule has 0 aromatic heterocycles. The van der Waals surface area contributed by atoms with Crippen molar-refractivity contribution in [2.75, 3.05) is 47.4 Å². The molecule has 158 valence electrons. The highest BCUT2D eigenvalue weighted by Crippen LogP contribution is 2.19. The summed E-state index contributed by atoms with van der Waals surface area (Å²) in [5, 5.41) is 6.69. The first-order chi connectivity index (χ1) is 13.7. The molecule has 2 rings (SSSR count). The van der Waals surface area contributed by atoms with Crippen LogP contribution in [0.2, 0.25) is 0 Å². The minimum atomic E-state index is 0.439. The number of ether oxygens (including phenoxy) is 2. The number of nitrogens with zero attached hydrogens (tertiary/aromatic N) is 2. The van der Waals surface area contributed by atoms with E-state index in [0.717, 1.165) is 31.4 Å². The molecule has 0 unspecified atom stereocenters. The third-order valence-corrected chi connectivity index (χ3v) is 4.94. The lowest BCUT2D eigenvalue weighted by Gasteiger charge is -2.17. The van der Waals surface area contributed by atoms with E-state index in [2.05, 4.69) is 32.7 Å². The molecule has 0 heterocycles. The highest BCUT2D eigenvalue weighted by molar-refractivity contribution is 5.79. The Kier molecular flexibility index (Phi) is 10.8. The van der Waals surface area contributed by atoms with E-state index in [1.807, 2.05) is 26.2 Å². The molecule has 1 aliphatic rings. The molecule has 0 atom stereocenters. The van der Waals surface area contributed by atoms with E-state index < -0.39 is 0 Å². The third-order valence-electron chi connectivity index (χ3n) is 4.94. The molecule has 1 aliphatic carbocycles. The summed E-state index contributed by atoms with van der Waals surface area (Å²) in [5.74, 6) is 1.70. The molecule has 2 N–H and O–H groups in total. The second kappa shape index (κ2) is 13.4. The van der Waals surface area contributed by atoms with Crippen molar-refractivity contribution in [1.82, 2.24) is 15.5 Å². The zero-order valence-corrected chi connectivity index (χ0v) is 17.9. The van der Waals surface area contributed by atoms with Gasteiger partial charge in [0, 0.05) is 26.7 Å². The van der Waals surface area contributed by atoms with Crippen LogP contribution in [0.3, 0.4) is 0 Å². The van der Waals surface area contributed by atoms with Gasteiger partial charge >= 0.3 is 0 Å². The Morgan fingerprint density at radius 3 is 2.61 bits per heavy atom. The molecule has 0 saturated heterocycles. The van der Waals surface area contributed by atoms with Gasteiger partial charge in [-0.05, 0) is 44.6 Å². The Morgan fingerprint density at radius 2 is 1.89 bits per heavy atom. The van der Waals surface area contributed by atoms with Gasteiger partial charge in [-0.15, -0.1) is 0 Å². The fourth-order valence-corrected chi connectivity index (χ4v) is 3.30. The van der Waals surface area contributed by atoms with Gasteiger partial charge in [-0.3, -0.25) is 4.99 Å². The molecule has 0 spiro atoms. The molecular formula is C22H38N4O2. The van der Waals surface area contributed by atoms with Gasteiger partial charge in [-0.1, -0.05) is 37.8 Å². The van der Waals surface area contributed by atoms with Gasteiger partial charge in [0.15, 0.2) is 5.96 Å². The third kappa shape index (κ3) is 9.42. The molecule has 1 aromatic carbocycles. The van der Waals surface area contributed by atoms with Crippen molar-refractivity contribution in [2.24, 2.45) is 4.99 Å². The summed E-state index contributed by atoms with van der Waals surface area (Å²) in [6.45, 7) is 3.79. The Morgan fingerprint density at radius 1 is 1.11 bits per heavy atom. The number of guanidine groups is 1. The van der Waals surface area contributed by atoms with Gasteiger partial charge in [0.1, 0.15) is 12.4 Å². The van der Waals surface area contributed by atoms with E-state index in [9.17, 15) is 0 Å². The van der Waals surface area contributed by atoms with Crippen molar-refractivity contribution < 1.29 is 9.47 Å². The first-order valence-electron chi connectivity index (χ1n) is 10.6. The monoisotopic (exact) mass is 390 g/mol. The van der Waals surface area contributed by atoms with E-state index in [0.29, 0.717) is 19.3 Å². The molecule has 1 fully saturated rings. The topological polar surface area (TPSA) is 58.1 Å². The van der Waals surface area contributed by atoms with E-state index in [4.69, 9.17) is 9.47 Å². The molecule has 0 amide bonds. The number of hydrogen-bond acceptors (Lipinski definition) is 4. The van der Waals surface area contributed by atoms with Crippen LogP contribution in [0.25, 0.3) is 0 Å². The first kappa shape index (κ1) is 22.5. The lowest BCUT2D eigenvalue weighted by atomic mass is 10.1. The van der Waals surface area contributed by atoms with E-state index >= 15 is 0 Å². The maximum atomic E-state index is 6.03. The fraction of sp³-hybridized carbons (Fsp3) is 0.682. The maximum absolute atomic E-state index is 6.03. The quantitative estimate of drug-likeness (QED) is 0.278. The van der Waals surface area contributed by atoms with Crippen LogP contribution in [0.5, 0.6) is 5.75 Å². The summed E-state index contributed by atoms with van der Waals surface area (Å²) in [7, 11) is 5.89. The lowest BCUT2D eigenvalue weighted by Crippen LogP contribution is -2.38. The summed E-state index contributed by atoms with van der Waals surface area (Å²) in [6, 6.07) is 8.19. The van der Waals surface area contributed by atoms with Crippen LogP contribution < -0.4 is 15.4 Å². The summed E-state index contributed by atoms with van der Waals surface area (Å²) in [4.78, 5) is 6.41. The average molecular weight is 391 g/mol. The number of nitrogens with one attached hydrogen (secondary N) is 2. The van der Waals surface area contributed by atoms with Crippen LogP contribution in [0, 0.1) is 0 Å². The number of likely N-dealkylation sites (N-methyl/N-ethyl adjacent to an activating group) is 1. The van der Waals surface area contributed by atoms with Crippen LogP contribution in [-0.4, -0.2) is 64.4 Å². The molecule has 6 nitrogen and oxygen atoms in total. The fourth-order valence-electron chi connectivity index (χ4n) is 3.30. The van der Waals surface area contributed by atoms with Crippen LogP contribution in [-0.2, 0) is 11.3 Å². The molecule has 0 radical (unpaired) electrons. The number of rotatable bonds is 10. The van der Waals surface area contributed by atoms with Gasteiger partial charge in [0.2, 0.25) is 0 Å². The van der Waals surface area contributed by atoms with Gasteiger partial charge in [0.25, 0.3) is 0 Å². The summed E-state index contributed by atoms with van der Waals surface area (Å²) < 4.78 is 11.8. The van der Waals surface area contributed by atoms with E-state index in [-0.39, 0.29) is 0 Å². The normalized spacial score (nSPS) is 16.1. The Bertz CT molecular complexity index is 569. The minimum Gasteiger partial charge on any atom is -0.492 e. The zero-order chi connectivity index (χ0) is 20.0. The predicted octanol–water partition coefficient (Wildman–Crippen LogP) is 3.03. The first-order valence-corrected chi connectivity index (χ1v) is 10.6. The smallest absolute Gasteiger partial charge is 0.191 e. The molecule has 1 aromatic rings. The molecule has 0 bridgehead atoms. The largest absolute Gasteiger partial charge is 0.492 e. The van der Waals surface area contributed by atoms with Crippen molar-refractivity contribution in [3.8, 4) is 5.75 Å². The second-order valence-electron chi connectivity index (χ2n) is 7.64. The Labute approximate surface area is 170 Å². The number of aliphatic imine (C=N–C) groups is 1. The van der Waals surface area contributed by atoms with Gasteiger partial charge in [0.05, 0.1) is 12.7 Å². The zero-order valence-electron chi connectivity index (χ0n) is 17.9. The SMILES string of the molecule is CN=C(NCCOC1CCCCCC1)NCc1cccc(OCCN(C)C)c1. The van der Waals surface area contributed by atoms with E-state index in [1.54, 1.807) is 7.05 Å².